The van der Waals surface area contributed by atoms with Crippen LogP contribution in [0.5, 0.6) is 11.5 Å². The van der Waals surface area contributed by atoms with Gasteiger partial charge in [0.15, 0.2) is 23.2 Å². The minimum absolute atomic E-state index is 0.0778. The van der Waals surface area contributed by atoms with Crippen LogP contribution in [0, 0.1) is 0 Å². The van der Waals surface area contributed by atoms with Crippen molar-refractivity contribution in [2.24, 2.45) is 0 Å². The van der Waals surface area contributed by atoms with Crippen LogP contribution >= 0.6 is 0 Å². The number of anilines is 2. The monoisotopic (exact) mass is 458 g/mol. The second-order valence-corrected chi connectivity index (χ2v) is 7.93. The summed E-state index contributed by atoms with van der Waals surface area (Å²) in [5.74, 6) is 0.602. The molecule has 1 aromatic heterocycles. The van der Waals surface area contributed by atoms with E-state index >= 15 is 0 Å². The molecule has 0 fully saturated rings. The predicted molar refractivity (Wildman–Crippen MR) is 115 cm³/mol. The lowest BCUT2D eigenvalue weighted by Crippen LogP contribution is -2.35. The van der Waals surface area contributed by atoms with E-state index in [-0.39, 0.29) is 24.7 Å². The fraction of sp³-hybridized carbons (Fsp3) is 0.304. The molecule has 2 aromatic carbocycles. The van der Waals surface area contributed by atoms with Gasteiger partial charge in [-0.1, -0.05) is 31.2 Å². The van der Waals surface area contributed by atoms with Gasteiger partial charge in [-0.3, -0.25) is 4.79 Å². The average molecular weight is 458 g/mol. The van der Waals surface area contributed by atoms with E-state index in [1.54, 1.807) is 30.3 Å². The summed E-state index contributed by atoms with van der Waals surface area (Å²) in [5, 5.41) is 9.86. The molecule has 0 spiro atoms. The number of para-hydroxylation sites is 1. The summed E-state index contributed by atoms with van der Waals surface area (Å²) >= 11 is 0. The standard InChI is InChI=1S/C23H21F3N4O3/c1-2-13-5-3-4-6-15(13)28-22(31)17-11-21-27-16(10-20(23(24,25)26)30(21)29-17)14-7-8-18-19(9-14)33-12-32-18/h3-9,11,16,20,27H,2,10,12H2,1H3,(H,28,31)/t16-,20+/m1/s1. The van der Waals surface area contributed by atoms with Crippen molar-refractivity contribution in [3.8, 4) is 11.5 Å². The van der Waals surface area contributed by atoms with Gasteiger partial charge in [0.05, 0.1) is 6.04 Å². The Morgan fingerprint density at radius 3 is 2.76 bits per heavy atom. The molecule has 0 saturated heterocycles. The van der Waals surface area contributed by atoms with Crippen molar-refractivity contribution in [1.82, 2.24) is 9.78 Å². The fourth-order valence-electron chi connectivity index (χ4n) is 4.17. The van der Waals surface area contributed by atoms with Crippen LogP contribution in [0.1, 0.15) is 47.0 Å². The molecule has 2 N–H and O–H groups in total. The summed E-state index contributed by atoms with van der Waals surface area (Å²) < 4.78 is 53.4. The van der Waals surface area contributed by atoms with Crippen LogP contribution in [-0.4, -0.2) is 28.7 Å². The van der Waals surface area contributed by atoms with Crippen molar-refractivity contribution in [2.75, 3.05) is 17.4 Å². The van der Waals surface area contributed by atoms with E-state index in [9.17, 15) is 18.0 Å². The van der Waals surface area contributed by atoms with E-state index in [1.807, 2.05) is 19.1 Å². The molecule has 3 aromatic rings. The quantitative estimate of drug-likeness (QED) is 0.570. The zero-order valence-corrected chi connectivity index (χ0v) is 17.6. The van der Waals surface area contributed by atoms with Crippen LogP contribution in [0.2, 0.25) is 0 Å². The lowest BCUT2D eigenvalue weighted by molar-refractivity contribution is -0.173. The van der Waals surface area contributed by atoms with Crippen LogP contribution in [0.3, 0.4) is 0 Å². The SMILES string of the molecule is CCc1ccccc1NC(=O)c1cc2n(n1)[C@H](C(F)(F)F)C[C@H](c1ccc3c(c1)OCO3)N2. The lowest BCUT2D eigenvalue weighted by Gasteiger charge is -2.33. The Balaban J connectivity index is 1.45. The number of rotatable bonds is 4. The average Bonchev–Trinajstić information content (AvgIpc) is 3.44. The van der Waals surface area contributed by atoms with Gasteiger partial charge in [0.1, 0.15) is 5.82 Å². The number of carbonyl (C=O) groups is 1. The highest BCUT2D eigenvalue weighted by Gasteiger charge is 2.47. The van der Waals surface area contributed by atoms with Gasteiger partial charge >= 0.3 is 6.18 Å². The second-order valence-electron chi connectivity index (χ2n) is 7.93. The smallest absolute Gasteiger partial charge is 0.410 e. The van der Waals surface area contributed by atoms with Crippen LogP contribution in [0.15, 0.2) is 48.5 Å². The zero-order chi connectivity index (χ0) is 23.2. The number of carbonyl (C=O) groups excluding carboxylic acids is 1. The Hall–Kier alpha value is -3.69. The van der Waals surface area contributed by atoms with Gasteiger partial charge in [-0.25, -0.2) is 4.68 Å². The van der Waals surface area contributed by atoms with Crippen LogP contribution in [0.4, 0.5) is 24.7 Å². The Labute approximate surface area is 187 Å². The number of aryl methyl sites for hydroxylation is 1. The molecule has 0 radical (unpaired) electrons. The topological polar surface area (TPSA) is 77.4 Å². The van der Waals surface area contributed by atoms with Gasteiger partial charge in [0.25, 0.3) is 5.91 Å². The van der Waals surface area contributed by atoms with Gasteiger partial charge in [0, 0.05) is 18.2 Å². The largest absolute Gasteiger partial charge is 0.454 e. The summed E-state index contributed by atoms with van der Waals surface area (Å²) in [6.45, 7) is 2.03. The molecule has 172 valence electrons. The van der Waals surface area contributed by atoms with E-state index in [0.29, 0.717) is 29.2 Å². The van der Waals surface area contributed by atoms with Gasteiger partial charge in [-0.2, -0.15) is 18.3 Å². The maximum Gasteiger partial charge on any atom is 0.410 e. The third-order valence-corrected chi connectivity index (χ3v) is 5.87. The summed E-state index contributed by atoms with van der Waals surface area (Å²) in [4.78, 5) is 12.8. The molecule has 2 aliphatic rings. The Morgan fingerprint density at radius 1 is 1.18 bits per heavy atom. The van der Waals surface area contributed by atoms with Gasteiger partial charge in [-0.15, -0.1) is 0 Å². The first-order valence-corrected chi connectivity index (χ1v) is 10.5. The highest BCUT2D eigenvalue weighted by molar-refractivity contribution is 6.03. The molecule has 0 saturated carbocycles. The van der Waals surface area contributed by atoms with Crippen molar-refractivity contribution >= 4 is 17.4 Å². The summed E-state index contributed by atoms with van der Waals surface area (Å²) in [7, 11) is 0. The molecule has 33 heavy (non-hydrogen) atoms. The number of hydrogen-bond acceptors (Lipinski definition) is 5. The maximum atomic E-state index is 14.0. The fourth-order valence-corrected chi connectivity index (χ4v) is 4.17. The van der Waals surface area contributed by atoms with Crippen LogP contribution in [-0.2, 0) is 6.42 Å². The van der Waals surface area contributed by atoms with Gasteiger partial charge in [0.2, 0.25) is 6.79 Å². The maximum absolute atomic E-state index is 14.0. The molecule has 5 rings (SSSR count). The molecule has 1 amide bonds. The van der Waals surface area contributed by atoms with E-state index in [1.165, 1.54) is 6.07 Å². The normalized spacial score (nSPS) is 19.0. The van der Waals surface area contributed by atoms with E-state index in [2.05, 4.69) is 15.7 Å². The number of fused-ring (bicyclic) bond motifs is 2. The Kier molecular flexibility index (Phi) is 5.15. The third-order valence-electron chi connectivity index (χ3n) is 5.87. The number of alkyl halides is 3. The van der Waals surface area contributed by atoms with E-state index in [0.717, 1.165) is 10.2 Å². The number of ether oxygens (including phenoxy) is 2. The number of halogens is 3. The highest BCUT2D eigenvalue weighted by atomic mass is 19.4. The van der Waals surface area contributed by atoms with Crippen LogP contribution < -0.4 is 20.1 Å². The molecule has 10 heteroatoms. The summed E-state index contributed by atoms with van der Waals surface area (Å²) in [5.41, 5.74) is 2.06. The number of amides is 1. The summed E-state index contributed by atoms with van der Waals surface area (Å²) in [6, 6.07) is 11.2. The van der Waals surface area contributed by atoms with Crippen molar-refractivity contribution in [2.45, 2.75) is 38.0 Å². The van der Waals surface area contributed by atoms with E-state index < -0.39 is 24.2 Å². The molecule has 2 atom stereocenters. The van der Waals surface area contributed by atoms with E-state index in [4.69, 9.17) is 9.47 Å². The molecular weight excluding hydrogens is 437 g/mol. The number of hydrogen-bond donors (Lipinski definition) is 2. The Morgan fingerprint density at radius 2 is 1.97 bits per heavy atom. The van der Waals surface area contributed by atoms with Crippen molar-refractivity contribution in [3.05, 3.63) is 65.4 Å². The van der Waals surface area contributed by atoms with Crippen molar-refractivity contribution in [3.63, 3.8) is 0 Å². The minimum atomic E-state index is -4.54. The number of benzene rings is 2. The zero-order valence-electron chi connectivity index (χ0n) is 17.6. The van der Waals surface area contributed by atoms with Crippen molar-refractivity contribution in [1.29, 1.82) is 0 Å². The van der Waals surface area contributed by atoms with Crippen LogP contribution in [0.25, 0.3) is 0 Å². The number of nitrogens with one attached hydrogen (secondary N) is 2. The molecule has 0 aliphatic carbocycles. The van der Waals surface area contributed by atoms with Gasteiger partial charge in [-0.05, 0) is 35.7 Å². The third kappa shape index (κ3) is 3.96. The first-order chi connectivity index (χ1) is 15.8. The second kappa shape index (κ2) is 8.02. The molecular formula is C23H21F3N4O3. The summed E-state index contributed by atoms with van der Waals surface area (Å²) in [6.07, 6.45) is -4.12. The number of nitrogens with zero attached hydrogens (tertiary/aromatic N) is 2. The Bertz CT molecular complexity index is 1210. The van der Waals surface area contributed by atoms with Crippen molar-refractivity contribution < 1.29 is 27.4 Å². The highest BCUT2D eigenvalue weighted by Crippen LogP contribution is 2.45. The first kappa shape index (κ1) is 21.2. The molecule has 0 bridgehead atoms. The number of aromatic nitrogens is 2. The first-order valence-electron chi connectivity index (χ1n) is 10.5. The molecule has 0 unspecified atom stereocenters. The van der Waals surface area contributed by atoms with Gasteiger partial charge < -0.3 is 20.1 Å². The molecule has 2 aliphatic heterocycles. The lowest BCUT2D eigenvalue weighted by atomic mass is 9.96. The molecule has 3 heterocycles. The molecule has 7 nitrogen and oxygen atoms in total. The predicted octanol–water partition coefficient (Wildman–Crippen LogP) is 5.09. The minimum Gasteiger partial charge on any atom is -0.454 e.